The molecule has 0 saturated carbocycles. The summed E-state index contributed by atoms with van der Waals surface area (Å²) in [5, 5.41) is 3.68. The maximum atomic E-state index is 12.0. The van der Waals surface area contributed by atoms with E-state index in [4.69, 9.17) is 4.52 Å². The van der Waals surface area contributed by atoms with Crippen LogP contribution in [0.5, 0.6) is 0 Å². The van der Waals surface area contributed by atoms with Crippen molar-refractivity contribution in [2.75, 3.05) is 18.5 Å². The average Bonchev–Trinajstić information content (AvgIpc) is 2.29. The third-order valence-corrected chi connectivity index (χ3v) is 1.79. The van der Waals surface area contributed by atoms with E-state index in [9.17, 15) is 8.78 Å². The number of nitrogens with zero attached hydrogens (tertiary/aromatic N) is 2. The Balaban J connectivity index is 2.81. The molecule has 0 unspecified atom stereocenters. The van der Waals surface area contributed by atoms with Gasteiger partial charge in [-0.2, -0.15) is 0 Å². The quantitative estimate of drug-likeness (QED) is 0.729. The van der Waals surface area contributed by atoms with Crippen LogP contribution in [-0.2, 0) is 0 Å². The molecule has 1 aromatic rings. The molecule has 0 aliphatic rings. The van der Waals surface area contributed by atoms with E-state index in [1.807, 2.05) is 0 Å². The minimum Gasteiger partial charge on any atom is -0.364 e. The molecule has 0 N–H and O–H groups in total. The Hall–Kier alpha value is -1.13. The van der Waals surface area contributed by atoms with Gasteiger partial charge in [-0.05, 0) is 13.8 Å². The summed E-state index contributed by atoms with van der Waals surface area (Å²) in [6, 6.07) is 0. The summed E-state index contributed by atoms with van der Waals surface area (Å²) in [6.45, 7) is 3.13. The van der Waals surface area contributed by atoms with Crippen molar-refractivity contribution >= 4 is 5.69 Å². The van der Waals surface area contributed by atoms with Gasteiger partial charge in [-0.25, -0.2) is 8.78 Å². The predicted octanol–water partition coefficient (Wildman–Crippen LogP) is 1.99. The molecule has 0 radical (unpaired) electrons. The van der Waals surface area contributed by atoms with Crippen molar-refractivity contribution in [1.82, 2.24) is 5.16 Å². The first-order valence-electron chi connectivity index (χ1n) is 3.94. The average molecular weight is 190 g/mol. The second-order valence-corrected chi connectivity index (χ2v) is 2.94. The van der Waals surface area contributed by atoms with E-state index in [-0.39, 0.29) is 6.54 Å². The molecule has 1 aromatic heterocycles. The highest BCUT2D eigenvalue weighted by Gasteiger charge is 2.16. The lowest BCUT2D eigenvalue weighted by Gasteiger charge is -2.17. The Morgan fingerprint density at radius 3 is 2.46 bits per heavy atom. The molecular formula is C8H12F2N2O. The lowest BCUT2D eigenvalue weighted by atomic mass is 10.3. The number of aromatic nitrogens is 1. The molecule has 1 heterocycles. The van der Waals surface area contributed by atoms with E-state index in [2.05, 4.69) is 5.16 Å². The third kappa shape index (κ3) is 2.17. The highest BCUT2D eigenvalue weighted by molar-refractivity contribution is 5.52. The van der Waals surface area contributed by atoms with Crippen molar-refractivity contribution < 1.29 is 13.3 Å². The summed E-state index contributed by atoms with van der Waals surface area (Å²) < 4.78 is 29.0. The summed E-state index contributed by atoms with van der Waals surface area (Å²) in [6.07, 6.45) is -2.35. The molecule has 0 fully saturated rings. The van der Waals surface area contributed by atoms with Gasteiger partial charge in [0.2, 0.25) is 0 Å². The summed E-state index contributed by atoms with van der Waals surface area (Å²) in [5.41, 5.74) is 1.29. The van der Waals surface area contributed by atoms with Crippen molar-refractivity contribution in [3.8, 4) is 0 Å². The maximum absolute atomic E-state index is 12.0. The van der Waals surface area contributed by atoms with Crippen molar-refractivity contribution in [1.29, 1.82) is 0 Å². The molecule has 0 aliphatic carbocycles. The van der Waals surface area contributed by atoms with E-state index in [1.54, 1.807) is 20.9 Å². The van der Waals surface area contributed by atoms with Crippen molar-refractivity contribution in [2.45, 2.75) is 20.3 Å². The van der Waals surface area contributed by atoms with Crippen LogP contribution in [0.25, 0.3) is 0 Å². The molecule has 0 bridgehead atoms. The van der Waals surface area contributed by atoms with Crippen LogP contribution in [-0.4, -0.2) is 25.2 Å². The second-order valence-electron chi connectivity index (χ2n) is 2.94. The first kappa shape index (κ1) is 9.95. The fourth-order valence-corrected chi connectivity index (χ4v) is 1.32. The topological polar surface area (TPSA) is 29.3 Å². The van der Waals surface area contributed by atoms with Crippen LogP contribution in [0, 0.1) is 13.8 Å². The molecule has 0 atom stereocenters. The first-order chi connectivity index (χ1) is 6.02. The predicted molar refractivity (Wildman–Crippen MR) is 45.3 cm³/mol. The van der Waals surface area contributed by atoms with Gasteiger partial charge in [0.05, 0.1) is 6.54 Å². The Morgan fingerprint density at radius 2 is 2.08 bits per heavy atom. The monoisotopic (exact) mass is 190 g/mol. The summed E-state index contributed by atoms with van der Waals surface area (Å²) in [7, 11) is 1.60. The minimum absolute atomic E-state index is 0.303. The Kier molecular flexibility index (Phi) is 2.85. The zero-order valence-corrected chi connectivity index (χ0v) is 7.84. The zero-order valence-electron chi connectivity index (χ0n) is 7.84. The van der Waals surface area contributed by atoms with E-state index < -0.39 is 6.43 Å². The molecule has 0 amide bonds. The summed E-state index contributed by atoms with van der Waals surface area (Å²) in [4.78, 5) is 1.45. The number of halogens is 2. The molecule has 74 valence electrons. The van der Waals surface area contributed by atoms with E-state index in [1.165, 1.54) is 4.90 Å². The summed E-state index contributed by atoms with van der Waals surface area (Å²) >= 11 is 0. The fraction of sp³-hybridized carbons (Fsp3) is 0.625. The van der Waals surface area contributed by atoms with Crippen LogP contribution in [0.1, 0.15) is 11.5 Å². The van der Waals surface area contributed by atoms with E-state index in [0.717, 1.165) is 0 Å². The van der Waals surface area contributed by atoms with Gasteiger partial charge in [0.15, 0.2) is 5.76 Å². The SMILES string of the molecule is Cc1noc(C)c1N(C)CC(F)F. The van der Waals surface area contributed by atoms with Gasteiger partial charge in [0.1, 0.15) is 11.4 Å². The van der Waals surface area contributed by atoms with Crippen molar-refractivity contribution in [2.24, 2.45) is 0 Å². The van der Waals surface area contributed by atoms with Crippen LogP contribution in [0.3, 0.4) is 0 Å². The summed E-state index contributed by atoms with van der Waals surface area (Å²) in [5.74, 6) is 0.570. The van der Waals surface area contributed by atoms with Gasteiger partial charge < -0.3 is 9.42 Å². The van der Waals surface area contributed by atoms with Crippen LogP contribution >= 0.6 is 0 Å². The fourth-order valence-electron chi connectivity index (χ4n) is 1.32. The van der Waals surface area contributed by atoms with Gasteiger partial charge in [0.25, 0.3) is 6.43 Å². The van der Waals surface area contributed by atoms with Gasteiger partial charge in [-0.1, -0.05) is 5.16 Å². The number of alkyl halides is 2. The highest BCUT2D eigenvalue weighted by atomic mass is 19.3. The van der Waals surface area contributed by atoms with E-state index in [0.29, 0.717) is 17.1 Å². The minimum atomic E-state index is -2.35. The molecule has 1 rings (SSSR count). The van der Waals surface area contributed by atoms with Crippen LogP contribution in [0.15, 0.2) is 4.52 Å². The van der Waals surface area contributed by atoms with Crippen molar-refractivity contribution in [3.63, 3.8) is 0 Å². The molecule has 3 nitrogen and oxygen atoms in total. The molecule has 13 heavy (non-hydrogen) atoms. The van der Waals surface area contributed by atoms with Crippen molar-refractivity contribution in [3.05, 3.63) is 11.5 Å². The number of rotatable bonds is 3. The van der Waals surface area contributed by atoms with Crippen LogP contribution < -0.4 is 4.90 Å². The maximum Gasteiger partial charge on any atom is 0.255 e. The number of aryl methyl sites for hydroxylation is 2. The first-order valence-corrected chi connectivity index (χ1v) is 3.94. The lowest BCUT2D eigenvalue weighted by molar-refractivity contribution is 0.156. The Labute approximate surface area is 75.3 Å². The van der Waals surface area contributed by atoms with Gasteiger partial charge in [0, 0.05) is 7.05 Å². The smallest absolute Gasteiger partial charge is 0.255 e. The molecule has 0 saturated heterocycles. The largest absolute Gasteiger partial charge is 0.364 e. The normalized spacial score (nSPS) is 10.9. The van der Waals surface area contributed by atoms with Gasteiger partial charge in [-0.3, -0.25) is 0 Å². The Morgan fingerprint density at radius 1 is 1.46 bits per heavy atom. The van der Waals surface area contributed by atoms with Crippen LogP contribution in [0.4, 0.5) is 14.5 Å². The number of hydrogen-bond donors (Lipinski definition) is 0. The standard InChI is InChI=1S/C8H12F2N2O/c1-5-8(6(2)13-11-5)12(3)4-7(9)10/h7H,4H2,1-3H3. The lowest BCUT2D eigenvalue weighted by Crippen LogP contribution is -2.24. The molecule has 0 spiro atoms. The number of anilines is 1. The van der Waals surface area contributed by atoms with Crippen LogP contribution in [0.2, 0.25) is 0 Å². The Bertz CT molecular complexity index is 266. The molecular weight excluding hydrogens is 178 g/mol. The molecule has 5 heteroatoms. The van der Waals surface area contributed by atoms with Gasteiger partial charge in [-0.15, -0.1) is 0 Å². The highest BCUT2D eigenvalue weighted by Crippen LogP contribution is 2.23. The molecule has 0 aliphatic heterocycles. The third-order valence-electron chi connectivity index (χ3n) is 1.79. The molecule has 0 aromatic carbocycles. The second kappa shape index (κ2) is 3.72. The number of hydrogen-bond acceptors (Lipinski definition) is 3. The van der Waals surface area contributed by atoms with Gasteiger partial charge >= 0.3 is 0 Å². The van der Waals surface area contributed by atoms with E-state index >= 15 is 0 Å². The zero-order chi connectivity index (χ0) is 10.0.